The van der Waals surface area contributed by atoms with Crippen LogP contribution >= 0.6 is 0 Å². The first-order valence-corrected chi connectivity index (χ1v) is 5.45. The van der Waals surface area contributed by atoms with Crippen LogP contribution in [0.1, 0.15) is 16.8 Å². The number of anilines is 1. The molecule has 0 aliphatic rings. The summed E-state index contributed by atoms with van der Waals surface area (Å²) in [7, 11) is 3.26. The van der Waals surface area contributed by atoms with Crippen LogP contribution in [0.4, 0.5) is 10.1 Å². The van der Waals surface area contributed by atoms with Gasteiger partial charge in [-0.2, -0.15) is 0 Å². The quantitative estimate of drug-likeness (QED) is 0.772. The summed E-state index contributed by atoms with van der Waals surface area (Å²) in [6, 6.07) is 3.84. The number of nitrogens with zero attached hydrogens (tertiary/aromatic N) is 1. The number of carbonyl (C=O) groups excluding carboxylic acids is 2. The SMILES string of the molecule is CN(C)C(=O)CCNC(=O)c1ccc(N)cc1F. The molecule has 2 amide bonds. The summed E-state index contributed by atoms with van der Waals surface area (Å²) >= 11 is 0. The van der Waals surface area contributed by atoms with Crippen molar-refractivity contribution in [2.24, 2.45) is 0 Å². The van der Waals surface area contributed by atoms with Gasteiger partial charge in [0.2, 0.25) is 5.91 Å². The van der Waals surface area contributed by atoms with Gasteiger partial charge in [0.15, 0.2) is 0 Å². The largest absolute Gasteiger partial charge is 0.399 e. The summed E-state index contributed by atoms with van der Waals surface area (Å²) in [5.41, 5.74) is 5.55. The molecule has 18 heavy (non-hydrogen) atoms. The Balaban J connectivity index is 2.53. The van der Waals surface area contributed by atoms with Crippen molar-refractivity contribution < 1.29 is 14.0 Å². The molecule has 0 unspecified atom stereocenters. The maximum Gasteiger partial charge on any atom is 0.254 e. The van der Waals surface area contributed by atoms with E-state index in [1.807, 2.05) is 0 Å². The number of hydrogen-bond acceptors (Lipinski definition) is 3. The average molecular weight is 253 g/mol. The number of amides is 2. The fourth-order valence-electron chi connectivity index (χ4n) is 1.32. The Morgan fingerprint density at radius 1 is 1.39 bits per heavy atom. The summed E-state index contributed by atoms with van der Waals surface area (Å²) in [4.78, 5) is 24.3. The first kappa shape index (κ1) is 14.0. The van der Waals surface area contributed by atoms with Crippen LogP contribution < -0.4 is 11.1 Å². The fourth-order valence-corrected chi connectivity index (χ4v) is 1.32. The summed E-state index contributed by atoms with van der Waals surface area (Å²) in [6.07, 6.45) is 0.176. The summed E-state index contributed by atoms with van der Waals surface area (Å²) in [6.45, 7) is 0.166. The molecule has 1 aromatic rings. The molecular formula is C12H16FN3O2. The van der Waals surface area contributed by atoms with E-state index in [2.05, 4.69) is 5.32 Å². The Morgan fingerprint density at radius 3 is 2.61 bits per heavy atom. The van der Waals surface area contributed by atoms with Gasteiger partial charge in [-0.25, -0.2) is 4.39 Å². The van der Waals surface area contributed by atoms with E-state index in [0.29, 0.717) is 0 Å². The van der Waals surface area contributed by atoms with Crippen LogP contribution in [0.25, 0.3) is 0 Å². The van der Waals surface area contributed by atoms with Crippen molar-refractivity contribution in [2.75, 3.05) is 26.4 Å². The molecule has 0 bridgehead atoms. The van der Waals surface area contributed by atoms with Gasteiger partial charge in [0, 0.05) is 32.7 Å². The predicted octanol–water partition coefficient (Wildman–Crippen LogP) is 0.616. The van der Waals surface area contributed by atoms with Gasteiger partial charge in [-0.05, 0) is 18.2 Å². The van der Waals surface area contributed by atoms with Gasteiger partial charge >= 0.3 is 0 Å². The van der Waals surface area contributed by atoms with Crippen molar-refractivity contribution in [2.45, 2.75) is 6.42 Å². The Morgan fingerprint density at radius 2 is 2.06 bits per heavy atom. The summed E-state index contributed by atoms with van der Waals surface area (Å²) < 4.78 is 13.4. The number of carbonyl (C=O) groups is 2. The summed E-state index contributed by atoms with van der Waals surface area (Å²) in [5.74, 6) is -1.33. The lowest BCUT2D eigenvalue weighted by atomic mass is 10.2. The normalized spacial score (nSPS) is 9.94. The molecule has 0 fully saturated rings. The molecule has 6 heteroatoms. The minimum Gasteiger partial charge on any atom is -0.399 e. The molecule has 0 atom stereocenters. The second kappa shape index (κ2) is 6.00. The van der Waals surface area contributed by atoms with E-state index in [0.717, 1.165) is 6.07 Å². The smallest absolute Gasteiger partial charge is 0.254 e. The minimum atomic E-state index is -0.675. The molecule has 0 radical (unpaired) electrons. The van der Waals surface area contributed by atoms with Crippen LogP contribution in [0, 0.1) is 5.82 Å². The van der Waals surface area contributed by atoms with E-state index in [9.17, 15) is 14.0 Å². The highest BCUT2D eigenvalue weighted by Gasteiger charge is 2.12. The van der Waals surface area contributed by atoms with Crippen LogP contribution in [0.15, 0.2) is 18.2 Å². The maximum absolute atomic E-state index is 13.4. The zero-order valence-corrected chi connectivity index (χ0v) is 10.4. The van der Waals surface area contributed by atoms with E-state index in [1.54, 1.807) is 14.1 Å². The lowest BCUT2D eigenvalue weighted by Gasteiger charge is -2.10. The topological polar surface area (TPSA) is 75.4 Å². The van der Waals surface area contributed by atoms with Gasteiger partial charge in [0.05, 0.1) is 5.56 Å². The lowest BCUT2D eigenvalue weighted by Crippen LogP contribution is -2.30. The standard InChI is InChI=1S/C12H16FN3O2/c1-16(2)11(17)5-6-15-12(18)9-4-3-8(14)7-10(9)13/h3-4,7H,5-6,14H2,1-2H3,(H,15,18). The van der Waals surface area contributed by atoms with Crippen molar-refractivity contribution in [3.8, 4) is 0 Å². The van der Waals surface area contributed by atoms with E-state index in [-0.39, 0.29) is 30.1 Å². The fraction of sp³-hybridized carbons (Fsp3) is 0.333. The number of nitrogen functional groups attached to an aromatic ring is 1. The van der Waals surface area contributed by atoms with E-state index in [1.165, 1.54) is 17.0 Å². The first-order chi connectivity index (χ1) is 8.41. The highest BCUT2D eigenvalue weighted by atomic mass is 19.1. The van der Waals surface area contributed by atoms with Crippen LogP contribution in [0.3, 0.4) is 0 Å². The van der Waals surface area contributed by atoms with Gasteiger partial charge in [0.1, 0.15) is 5.82 Å². The van der Waals surface area contributed by atoms with E-state index in [4.69, 9.17) is 5.73 Å². The third-order valence-corrected chi connectivity index (χ3v) is 2.36. The van der Waals surface area contributed by atoms with Gasteiger partial charge in [-0.15, -0.1) is 0 Å². The molecule has 0 aliphatic carbocycles. The first-order valence-electron chi connectivity index (χ1n) is 5.45. The van der Waals surface area contributed by atoms with E-state index >= 15 is 0 Å². The molecule has 0 saturated carbocycles. The van der Waals surface area contributed by atoms with Gasteiger partial charge < -0.3 is 16.0 Å². The van der Waals surface area contributed by atoms with Gasteiger partial charge in [0.25, 0.3) is 5.91 Å². The van der Waals surface area contributed by atoms with Crippen LogP contribution in [0.5, 0.6) is 0 Å². The Bertz CT molecular complexity index is 461. The Labute approximate surface area is 105 Å². The maximum atomic E-state index is 13.4. The molecule has 0 heterocycles. The summed E-state index contributed by atoms with van der Waals surface area (Å²) in [5, 5.41) is 2.48. The zero-order chi connectivity index (χ0) is 13.7. The van der Waals surface area contributed by atoms with Crippen molar-refractivity contribution in [1.29, 1.82) is 0 Å². The monoisotopic (exact) mass is 253 g/mol. The van der Waals surface area contributed by atoms with Gasteiger partial charge in [-0.3, -0.25) is 9.59 Å². The van der Waals surface area contributed by atoms with Crippen LogP contribution in [0.2, 0.25) is 0 Å². The molecule has 3 N–H and O–H groups in total. The highest BCUT2D eigenvalue weighted by Crippen LogP contribution is 2.11. The van der Waals surface area contributed by atoms with Crippen LogP contribution in [-0.2, 0) is 4.79 Å². The van der Waals surface area contributed by atoms with Crippen LogP contribution in [-0.4, -0.2) is 37.4 Å². The third-order valence-electron chi connectivity index (χ3n) is 2.36. The van der Waals surface area contributed by atoms with Crippen molar-refractivity contribution in [3.05, 3.63) is 29.6 Å². The second-order valence-electron chi connectivity index (χ2n) is 4.03. The molecule has 1 rings (SSSR count). The highest BCUT2D eigenvalue weighted by molar-refractivity contribution is 5.95. The molecule has 0 aromatic heterocycles. The average Bonchev–Trinajstić information content (AvgIpc) is 2.28. The molecule has 0 spiro atoms. The number of benzene rings is 1. The van der Waals surface area contributed by atoms with Gasteiger partial charge in [-0.1, -0.05) is 0 Å². The molecule has 0 aliphatic heterocycles. The molecule has 98 valence electrons. The number of nitrogens with one attached hydrogen (secondary N) is 1. The van der Waals surface area contributed by atoms with Crippen molar-refractivity contribution in [1.82, 2.24) is 10.2 Å². The number of nitrogens with two attached hydrogens (primary N) is 1. The number of rotatable bonds is 4. The minimum absolute atomic E-state index is 0.0819. The lowest BCUT2D eigenvalue weighted by molar-refractivity contribution is -0.128. The zero-order valence-electron chi connectivity index (χ0n) is 10.4. The van der Waals surface area contributed by atoms with Crippen molar-refractivity contribution in [3.63, 3.8) is 0 Å². The molecular weight excluding hydrogens is 237 g/mol. The Kier molecular flexibility index (Phi) is 4.65. The molecule has 0 saturated heterocycles. The number of hydrogen-bond donors (Lipinski definition) is 2. The number of halogens is 1. The van der Waals surface area contributed by atoms with E-state index < -0.39 is 11.7 Å². The molecule has 1 aromatic carbocycles. The second-order valence-corrected chi connectivity index (χ2v) is 4.03. The van der Waals surface area contributed by atoms with Crippen molar-refractivity contribution >= 4 is 17.5 Å². The third kappa shape index (κ3) is 3.73. The molecule has 5 nitrogen and oxygen atoms in total. The predicted molar refractivity (Wildman–Crippen MR) is 66.5 cm³/mol. The Hall–Kier alpha value is -2.11.